The van der Waals surface area contributed by atoms with E-state index in [0.29, 0.717) is 18.1 Å². The maximum absolute atomic E-state index is 12.5. The van der Waals surface area contributed by atoms with E-state index in [2.05, 4.69) is 5.32 Å². The number of amides is 2. The van der Waals surface area contributed by atoms with E-state index in [1.165, 1.54) is 0 Å². The molecule has 1 atom stereocenters. The number of rotatable bonds is 6. The lowest BCUT2D eigenvalue weighted by Gasteiger charge is -2.17. The third kappa shape index (κ3) is 5.01. The van der Waals surface area contributed by atoms with Gasteiger partial charge in [0, 0.05) is 30.2 Å². The summed E-state index contributed by atoms with van der Waals surface area (Å²) >= 11 is 5.89. The van der Waals surface area contributed by atoms with Gasteiger partial charge >= 0.3 is 0 Å². The molecule has 2 aromatic rings. The molecule has 142 valence electrons. The summed E-state index contributed by atoms with van der Waals surface area (Å²) in [5, 5.41) is 3.54. The van der Waals surface area contributed by atoms with Gasteiger partial charge in [-0.25, -0.2) is 0 Å². The number of hydrogen-bond acceptors (Lipinski definition) is 3. The number of carbonyl (C=O) groups is 2. The molecule has 1 fully saturated rings. The first kappa shape index (κ1) is 19.2. The van der Waals surface area contributed by atoms with Crippen LogP contribution in [0.1, 0.15) is 25.8 Å². The van der Waals surface area contributed by atoms with E-state index < -0.39 is 0 Å². The second-order valence-corrected chi connectivity index (χ2v) is 7.35. The standard InChI is InChI=1S/C21H23ClN2O3/c1-14(2)27-19-9-3-15(4-10-19)12-23-21(26)16-11-20(25)24(13-16)18-7-5-17(22)6-8-18/h3-10,14,16H,11-13H2,1-2H3,(H,23,26)/t16-/m0/s1. The van der Waals surface area contributed by atoms with Crippen molar-refractivity contribution in [3.8, 4) is 5.75 Å². The van der Waals surface area contributed by atoms with E-state index in [9.17, 15) is 9.59 Å². The third-order valence-electron chi connectivity index (χ3n) is 4.40. The first-order chi connectivity index (χ1) is 12.9. The maximum atomic E-state index is 12.5. The molecular weight excluding hydrogens is 364 g/mol. The predicted octanol–water partition coefficient (Wildman–Crippen LogP) is 3.80. The molecule has 1 saturated heterocycles. The molecule has 0 spiro atoms. The Balaban J connectivity index is 1.54. The highest BCUT2D eigenvalue weighted by molar-refractivity contribution is 6.30. The molecule has 2 amide bonds. The molecule has 0 saturated carbocycles. The molecule has 0 unspecified atom stereocenters. The van der Waals surface area contributed by atoms with Crippen LogP contribution in [0.25, 0.3) is 0 Å². The van der Waals surface area contributed by atoms with E-state index in [1.807, 2.05) is 38.1 Å². The van der Waals surface area contributed by atoms with Gasteiger partial charge < -0.3 is 15.0 Å². The van der Waals surface area contributed by atoms with Crippen molar-refractivity contribution in [3.63, 3.8) is 0 Å². The summed E-state index contributed by atoms with van der Waals surface area (Å²) in [6.07, 6.45) is 0.342. The molecule has 0 aromatic heterocycles. The van der Waals surface area contributed by atoms with E-state index >= 15 is 0 Å². The minimum atomic E-state index is -0.350. The lowest BCUT2D eigenvalue weighted by Crippen LogP contribution is -2.32. The zero-order valence-corrected chi connectivity index (χ0v) is 16.2. The highest BCUT2D eigenvalue weighted by Crippen LogP contribution is 2.26. The summed E-state index contributed by atoms with van der Waals surface area (Å²) in [5.74, 6) is 0.298. The normalized spacial score (nSPS) is 16.7. The number of halogens is 1. The fourth-order valence-electron chi connectivity index (χ4n) is 3.05. The zero-order chi connectivity index (χ0) is 19.4. The molecule has 3 rings (SSSR count). The molecule has 0 aliphatic carbocycles. The molecule has 2 aromatic carbocycles. The van der Waals surface area contributed by atoms with Crippen molar-refractivity contribution in [1.29, 1.82) is 0 Å². The number of benzene rings is 2. The van der Waals surface area contributed by atoms with E-state index in [4.69, 9.17) is 16.3 Å². The van der Waals surface area contributed by atoms with Gasteiger partial charge in [-0.15, -0.1) is 0 Å². The highest BCUT2D eigenvalue weighted by Gasteiger charge is 2.34. The predicted molar refractivity (Wildman–Crippen MR) is 106 cm³/mol. The lowest BCUT2D eigenvalue weighted by molar-refractivity contribution is -0.126. The smallest absolute Gasteiger partial charge is 0.227 e. The van der Waals surface area contributed by atoms with Crippen LogP contribution in [0.15, 0.2) is 48.5 Å². The van der Waals surface area contributed by atoms with Gasteiger partial charge in [0.1, 0.15) is 5.75 Å². The maximum Gasteiger partial charge on any atom is 0.227 e. The van der Waals surface area contributed by atoms with Gasteiger partial charge in [0.25, 0.3) is 0 Å². The van der Waals surface area contributed by atoms with Gasteiger partial charge in [0.2, 0.25) is 11.8 Å². The van der Waals surface area contributed by atoms with Gasteiger partial charge in [-0.1, -0.05) is 23.7 Å². The minimum absolute atomic E-state index is 0.0485. The molecular formula is C21H23ClN2O3. The SMILES string of the molecule is CC(C)Oc1ccc(CNC(=O)[C@H]2CC(=O)N(c3ccc(Cl)cc3)C2)cc1. The quantitative estimate of drug-likeness (QED) is 0.821. The van der Waals surface area contributed by atoms with Crippen LogP contribution in [0.5, 0.6) is 5.75 Å². The Morgan fingerprint density at radius 1 is 1.19 bits per heavy atom. The Hall–Kier alpha value is -2.53. The van der Waals surface area contributed by atoms with Crippen molar-refractivity contribution < 1.29 is 14.3 Å². The van der Waals surface area contributed by atoms with E-state index in [1.54, 1.807) is 29.2 Å². The largest absolute Gasteiger partial charge is 0.491 e. The van der Waals surface area contributed by atoms with Crippen LogP contribution in [0.2, 0.25) is 5.02 Å². The number of ether oxygens (including phenoxy) is 1. The molecule has 1 aliphatic rings. The minimum Gasteiger partial charge on any atom is -0.491 e. The number of carbonyl (C=O) groups excluding carboxylic acids is 2. The topological polar surface area (TPSA) is 58.6 Å². The Morgan fingerprint density at radius 3 is 2.48 bits per heavy atom. The molecule has 27 heavy (non-hydrogen) atoms. The summed E-state index contributed by atoms with van der Waals surface area (Å²) in [4.78, 5) is 26.4. The summed E-state index contributed by atoms with van der Waals surface area (Å²) in [6, 6.07) is 14.7. The molecule has 5 nitrogen and oxygen atoms in total. The van der Waals surface area contributed by atoms with Crippen LogP contribution >= 0.6 is 11.6 Å². The summed E-state index contributed by atoms with van der Waals surface area (Å²) in [5.41, 5.74) is 1.75. The zero-order valence-electron chi connectivity index (χ0n) is 15.4. The number of anilines is 1. The van der Waals surface area contributed by atoms with E-state index in [0.717, 1.165) is 17.0 Å². The van der Waals surface area contributed by atoms with Gasteiger partial charge in [0.15, 0.2) is 0 Å². The molecule has 0 radical (unpaired) electrons. The van der Waals surface area contributed by atoms with Crippen molar-refractivity contribution in [1.82, 2.24) is 5.32 Å². The van der Waals surface area contributed by atoms with Gasteiger partial charge in [-0.05, 0) is 55.8 Å². The summed E-state index contributed by atoms with van der Waals surface area (Å²) in [7, 11) is 0. The Bertz CT molecular complexity index is 803. The second kappa shape index (κ2) is 8.44. The highest BCUT2D eigenvalue weighted by atomic mass is 35.5. The first-order valence-electron chi connectivity index (χ1n) is 9.01. The van der Waals surface area contributed by atoms with Crippen LogP contribution in [0.4, 0.5) is 5.69 Å². The average molecular weight is 387 g/mol. The van der Waals surface area contributed by atoms with Crippen molar-refractivity contribution in [2.75, 3.05) is 11.4 Å². The van der Waals surface area contributed by atoms with Crippen molar-refractivity contribution in [3.05, 3.63) is 59.1 Å². The third-order valence-corrected chi connectivity index (χ3v) is 4.65. The molecule has 1 aliphatic heterocycles. The fraction of sp³-hybridized carbons (Fsp3) is 0.333. The Labute approximate surface area is 164 Å². The summed E-state index contributed by atoms with van der Waals surface area (Å²) in [6.45, 7) is 4.76. The molecule has 1 heterocycles. The number of hydrogen-bond donors (Lipinski definition) is 1. The molecule has 0 bridgehead atoms. The van der Waals surface area contributed by atoms with Crippen LogP contribution in [-0.4, -0.2) is 24.5 Å². The van der Waals surface area contributed by atoms with Crippen molar-refractivity contribution in [2.24, 2.45) is 5.92 Å². The van der Waals surface area contributed by atoms with Crippen LogP contribution in [0, 0.1) is 5.92 Å². The number of nitrogens with zero attached hydrogens (tertiary/aromatic N) is 1. The monoisotopic (exact) mass is 386 g/mol. The van der Waals surface area contributed by atoms with Gasteiger partial charge in [-0.2, -0.15) is 0 Å². The number of nitrogens with one attached hydrogen (secondary N) is 1. The van der Waals surface area contributed by atoms with Crippen molar-refractivity contribution in [2.45, 2.75) is 32.9 Å². The first-order valence-corrected chi connectivity index (χ1v) is 9.39. The summed E-state index contributed by atoms with van der Waals surface area (Å²) < 4.78 is 5.61. The average Bonchev–Trinajstić information content (AvgIpc) is 3.03. The van der Waals surface area contributed by atoms with Crippen LogP contribution < -0.4 is 15.0 Å². The fourth-order valence-corrected chi connectivity index (χ4v) is 3.17. The second-order valence-electron chi connectivity index (χ2n) is 6.91. The molecule has 6 heteroatoms. The van der Waals surface area contributed by atoms with Gasteiger partial charge in [-0.3, -0.25) is 9.59 Å². The van der Waals surface area contributed by atoms with Crippen molar-refractivity contribution >= 4 is 29.1 Å². The Kier molecular flexibility index (Phi) is 6.01. The lowest BCUT2D eigenvalue weighted by atomic mass is 10.1. The van der Waals surface area contributed by atoms with Crippen LogP contribution in [0.3, 0.4) is 0 Å². The Morgan fingerprint density at radius 2 is 1.85 bits per heavy atom. The van der Waals surface area contributed by atoms with Crippen LogP contribution in [-0.2, 0) is 16.1 Å². The molecule has 1 N–H and O–H groups in total. The van der Waals surface area contributed by atoms with Gasteiger partial charge in [0.05, 0.1) is 12.0 Å². The van der Waals surface area contributed by atoms with E-state index in [-0.39, 0.29) is 30.3 Å².